The number of hydrogen-bond acceptors (Lipinski definition) is 10. The Balaban J connectivity index is 0.899. The van der Waals surface area contributed by atoms with Gasteiger partial charge >= 0.3 is 6.03 Å². The van der Waals surface area contributed by atoms with Gasteiger partial charge in [-0.2, -0.15) is 15.2 Å². The van der Waals surface area contributed by atoms with Gasteiger partial charge in [-0.3, -0.25) is 24.5 Å². The third-order valence-electron chi connectivity index (χ3n) is 10.4. The number of hydrogen-bond donors (Lipinski definition) is 2. The number of imide groups is 1. The van der Waals surface area contributed by atoms with Crippen molar-refractivity contribution in [3.8, 4) is 11.3 Å². The van der Waals surface area contributed by atoms with Crippen LogP contribution in [-0.4, -0.2) is 83.4 Å². The Bertz CT molecular complexity index is 2420. The second-order valence-electron chi connectivity index (χ2n) is 15.3. The van der Waals surface area contributed by atoms with Gasteiger partial charge in [0, 0.05) is 62.2 Å². The molecule has 6 aromatic rings. The Hall–Kier alpha value is -5.96. The fourth-order valence-corrected chi connectivity index (χ4v) is 7.33. The number of benzene rings is 2. The minimum absolute atomic E-state index is 0.0240. The van der Waals surface area contributed by atoms with Crippen molar-refractivity contribution in [2.45, 2.75) is 64.8 Å². The molecule has 54 heavy (non-hydrogen) atoms. The van der Waals surface area contributed by atoms with E-state index < -0.39 is 6.03 Å². The van der Waals surface area contributed by atoms with Gasteiger partial charge in [-0.1, -0.05) is 44.1 Å². The fraction of sp³-hybridized carbons (Fsp3) is 0.385. The van der Waals surface area contributed by atoms with Crippen LogP contribution in [-0.2, 0) is 30.2 Å². The molecule has 0 saturated carbocycles. The predicted octanol–water partition coefficient (Wildman–Crippen LogP) is 4.68. The molecule has 2 aromatic carbocycles. The van der Waals surface area contributed by atoms with Crippen LogP contribution in [0.15, 0.2) is 59.5 Å². The lowest BCUT2D eigenvalue weighted by Crippen LogP contribution is -2.49. The topological polar surface area (TPSA) is 169 Å². The summed E-state index contributed by atoms with van der Waals surface area (Å²) in [5.41, 5.74) is 7.85. The van der Waals surface area contributed by atoms with Gasteiger partial charge in [-0.15, -0.1) is 0 Å². The van der Waals surface area contributed by atoms with E-state index in [1.54, 1.807) is 11.2 Å². The standard InChI is InChI=1S/C39H43N11O4/c1-23-16-26(6-7-27(23)19-40-36(52)34-44-37(54-46-34)39(2,3)4)33-31-17-24(20-50(31)42-22-41-33)10-13-48-14-11-28(21-48)25-8-9-29-30(18-25)47(5)45-35(29)49-15-12-32(51)43-38(49)53/h6-9,16-18,20,22,28H,10-15,19,21H2,1-5H3,(H,40,52)(H,43,51,53)/t28-/m1/s1. The van der Waals surface area contributed by atoms with Crippen LogP contribution < -0.4 is 15.5 Å². The Morgan fingerprint density at radius 3 is 2.70 bits per heavy atom. The number of urea groups is 1. The van der Waals surface area contributed by atoms with Crippen molar-refractivity contribution in [1.29, 1.82) is 0 Å². The summed E-state index contributed by atoms with van der Waals surface area (Å²) in [5.74, 6) is 0.777. The molecule has 6 heterocycles. The molecule has 2 fully saturated rings. The van der Waals surface area contributed by atoms with Crippen LogP contribution in [0.5, 0.6) is 0 Å². The van der Waals surface area contributed by atoms with Crippen molar-refractivity contribution < 1.29 is 18.9 Å². The highest BCUT2D eigenvalue weighted by molar-refractivity contribution is 6.08. The molecule has 4 aromatic heterocycles. The van der Waals surface area contributed by atoms with Gasteiger partial charge in [0.15, 0.2) is 5.82 Å². The largest absolute Gasteiger partial charge is 0.345 e. The minimum Gasteiger partial charge on any atom is -0.345 e. The lowest BCUT2D eigenvalue weighted by molar-refractivity contribution is -0.120. The zero-order valence-electron chi connectivity index (χ0n) is 31.1. The highest BCUT2D eigenvalue weighted by Crippen LogP contribution is 2.33. The monoisotopic (exact) mass is 729 g/mol. The molecule has 15 heteroatoms. The van der Waals surface area contributed by atoms with E-state index in [-0.39, 0.29) is 29.5 Å². The summed E-state index contributed by atoms with van der Waals surface area (Å²) in [6.07, 6.45) is 5.88. The third kappa shape index (κ3) is 6.82. The molecule has 0 aliphatic carbocycles. The quantitative estimate of drug-likeness (QED) is 0.213. The zero-order chi connectivity index (χ0) is 37.7. The van der Waals surface area contributed by atoms with E-state index in [4.69, 9.17) is 4.52 Å². The normalized spacial score (nSPS) is 16.8. The summed E-state index contributed by atoms with van der Waals surface area (Å²) in [6, 6.07) is 14.3. The predicted molar refractivity (Wildman–Crippen MR) is 201 cm³/mol. The van der Waals surface area contributed by atoms with Gasteiger partial charge in [0.1, 0.15) is 6.33 Å². The van der Waals surface area contributed by atoms with Crippen LogP contribution in [0.2, 0.25) is 0 Å². The summed E-state index contributed by atoms with van der Waals surface area (Å²) in [5, 5.41) is 19.2. The molecule has 0 bridgehead atoms. The molecular formula is C39H43N11O4. The van der Waals surface area contributed by atoms with E-state index in [0.717, 1.165) is 71.3 Å². The lowest BCUT2D eigenvalue weighted by Gasteiger charge is -2.24. The van der Waals surface area contributed by atoms with Crippen LogP contribution in [0.1, 0.15) is 78.3 Å². The van der Waals surface area contributed by atoms with Crippen molar-refractivity contribution in [2.75, 3.05) is 31.1 Å². The first-order valence-corrected chi connectivity index (χ1v) is 18.3. The first-order valence-electron chi connectivity index (χ1n) is 18.3. The van der Waals surface area contributed by atoms with Crippen LogP contribution in [0, 0.1) is 6.92 Å². The second kappa shape index (κ2) is 13.8. The van der Waals surface area contributed by atoms with Gasteiger partial charge in [0.05, 0.1) is 16.7 Å². The molecule has 278 valence electrons. The maximum Gasteiger partial charge on any atom is 0.329 e. The molecule has 0 radical (unpaired) electrons. The first-order chi connectivity index (χ1) is 25.9. The Morgan fingerprint density at radius 1 is 1.07 bits per heavy atom. The zero-order valence-corrected chi connectivity index (χ0v) is 31.1. The van der Waals surface area contributed by atoms with Crippen molar-refractivity contribution in [3.63, 3.8) is 0 Å². The summed E-state index contributed by atoms with van der Waals surface area (Å²) in [6.45, 7) is 11.4. The van der Waals surface area contributed by atoms with E-state index in [9.17, 15) is 14.4 Å². The molecule has 2 N–H and O–H groups in total. The highest BCUT2D eigenvalue weighted by Gasteiger charge is 2.30. The average molecular weight is 730 g/mol. The number of carbonyl (C=O) groups is 3. The molecule has 2 aliphatic heterocycles. The average Bonchev–Trinajstić information content (AvgIpc) is 3.96. The molecule has 2 aliphatic rings. The van der Waals surface area contributed by atoms with Crippen LogP contribution in [0.25, 0.3) is 27.7 Å². The number of nitrogens with one attached hydrogen (secondary N) is 2. The van der Waals surface area contributed by atoms with Crippen molar-refractivity contribution in [1.82, 2.24) is 50.1 Å². The SMILES string of the molecule is Cc1cc(-c2ncnn3cc(CCN4CC[C@@H](c5ccc6c(N7CCC(=O)NC7=O)nn(C)c6c5)C4)cc23)ccc1CNC(=O)c1noc(C(C)(C)C)n1. The van der Waals surface area contributed by atoms with Gasteiger partial charge in [-0.25, -0.2) is 14.3 Å². The van der Waals surface area contributed by atoms with E-state index in [0.29, 0.717) is 30.7 Å². The van der Waals surface area contributed by atoms with Gasteiger partial charge in [0.2, 0.25) is 11.8 Å². The number of carbonyl (C=O) groups excluding carboxylic acids is 3. The Kier molecular flexibility index (Phi) is 8.96. The first kappa shape index (κ1) is 35.1. The second-order valence-corrected chi connectivity index (χ2v) is 15.3. The van der Waals surface area contributed by atoms with E-state index >= 15 is 0 Å². The molecule has 4 amide bonds. The minimum atomic E-state index is -0.428. The molecule has 0 unspecified atom stereocenters. The number of nitrogens with zero attached hydrogens (tertiary/aromatic N) is 9. The van der Waals surface area contributed by atoms with E-state index in [1.165, 1.54) is 11.1 Å². The fourth-order valence-electron chi connectivity index (χ4n) is 7.33. The van der Waals surface area contributed by atoms with E-state index in [1.807, 2.05) is 56.1 Å². The lowest BCUT2D eigenvalue weighted by atomic mass is 9.97. The molecule has 2 saturated heterocycles. The van der Waals surface area contributed by atoms with E-state index in [2.05, 4.69) is 77.4 Å². The molecule has 1 atom stereocenters. The van der Waals surface area contributed by atoms with Gasteiger partial charge < -0.3 is 14.7 Å². The molecular weight excluding hydrogens is 687 g/mol. The summed E-state index contributed by atoms with van der Waals surface area (Å²) >= 11 is 0. The maximum atomic E-state index is 12.7. The van der Waals surface area contributed by atoms with Crippen LogP contribution in [0.3, 0.4) is 0 Å². The Morgan fingerprint density at radius 2 is 1.93 bits per heavy atom. The van der Waals surface area contributed by atoms with Crippen molar-refractivity contribution >= 4 is 40.1 Å². The number of amides is 4. The number of aromatic nitrogens is 7. The molecule has 8 rings (SSSR count). The van der Waals surface area contributed by atoms with Gasteiger partial charge in [-0.05, 0) is 78.7 Å². The summed E-state index contributed by atoms with van der Waals surface area (Å²) < 4.78 is 8.98. The Labute approximate surface area is 311 Å². The summed E-state index contributed by atoms with van der Waals surface area (Å²) in [7, 11) is 1.89. The highest BCUT2D eigenvalue weighted by atomic mass is 16.5. The number of aryl methyl sites for hydroxylation is 2. The van der Waals surface area contributed by atoms with Crippen LogP contribution >= 0.6 is 0 Å². The molecule has 0 spiro atoms. The summed E-state index contributed by atoms with van der Waals surface area (Å²) in [4.78, 5) is 49.8. The van der Waals surface area contributed by atoms with Gasteiger partial charge in [0.25, 0.3) is 11.7 Å². The number of anilines is 1. The number of likely N-dealkylation sites (tertiary alicyclic amines) is 1. The molecule has 15 nitrogen and oxygen atoms in total. The van der Waals surface area contributed by atoms with Crippen LogP contribution in [0.4, 0.5) is 10.6 Å². The van der Waals surface area contributed by atoms with Crippen molar-refractivity contribution in [2.24, 2.45) is 7.05 Å². The maximum absolute atomic E-state index is 12.7. The van der Waals surface area contributed by atoms with Crippen molar-refractivity contribution in [3.05, 3.63) is 89.0 Å². The number of rotatable bonds is 9. The third-order valence-corrected chi connectivity index (χ3v) is 10.4. The smallest absolute Gasteiger partial charge is 0.329 e. The number of fused-ring (bicyclic) bond motifs is 2.